The molecule has 1 aliphatic heterocycles. The summed E-state index contributed by atoms with van der Waals surface area (Å²) >= 11 is 0. The van der Waals surface area contributed by atoms with E-state index in [1.807, 2.05) is 19.3 Å². The van der Waals surface area contributed by atoms with Crippen LogP contribution in [0.1, 0.15) is 29.7 Å². The monoisotopic (exact) mass is 354 g/mol. The molecule has 7 heteroatoms. The largest absolute Gasteiger partial charge is 0.338 e. The van der Waals surface area contributed by atoms with Crippen molar-refractivity contribution in [3.63, 3.8) is 0 Å². The lowest BCUT2D eigenvalue weighted by Gasteiger charge is -2.34. The van der Waals surface area contributed by atoms with Gasteiger partial charge in [0, 0.05) is 51.2 Å². The summed E-state index contributed by atoms with van der Waals surface area (Å²) in [6.07, 6.45) is 8.09. The predicted molar refractivity (Wildman–Crippen MR) is 101 cm³/mol. The summed E-state index contributed by atoms with van der Waals surface area (Å²) in [4.78, 5) is 25.7. The highest BCUT2D eigenvalue weighted by molar-refractivity contribution is 5.30. The Morgan fingerprint density at radius 2 is 1.73 bits per heavy atom. The van der Waals surface area contributed by atoms with Crippen LogP contribution in [0.2, 0.25) is 0 Å². The predicted octanol–water partition coefficient (Wildman–Crippen LogP) is 1.04. The number of rotatable bonds is 4. The lowest BCUT2D eigenvalue weighted by molar-refractivity contribution is 0.241. The van der Waals surface area contributed by atoms with Crippen molar-refractivity contribution < 1.29 is 0 Å². The Labute approximate surface area is 153 Å². The summed E-state index contributed by atoms with van der Waals surface area (Å²) in [5, 5.41) is 4.62. The standard InChI is InChI=1S/C19H26N6O/c1-15-13-20-19(21-14-15)24-9-6-23(7-10-24)8-11-25-18(26)12-16-4-2-3-5-17(16)22-25/h12-14H,2-11H2,1H3. The maximum atomic E-state index is 12.3. The third kappa shape index (κ3) is 3.77. The molecule has 0 atom stereocenters. The molecule has 0 bridgehead atoms. The molecule has 0 unspecified atom stereocenters. The lowest BCUT2D eigenvalue weighted by Crippen LogP contribution is -2.48. The summed E-state index contributed by atoms with van der Waals surface area (Å²) in [6, 6.07) is 1.80. The Morgan fingerprint density at radius 3 is 2.50 bits per heavy atom. The minimum atomic E-state index is 0.0392. The van der Waals surface area contributed by atoms with E-state index >= 15 is 0 Å². The van der Waals surface area contributed by atoms with Gasteiger partial charge in [-0.05, 0) is 43.7 Å². The fraction of sp³-hybridized carbons (Fsp3) is 0.579. The molecule has 1 fully saturated rings. The molecule has 0 aromatic carbocycles. The Morgan fingerprint density at radius 1 is 1.00 bits per heavy atom. The molecule has 3 heterocycles. The molecule has 2 aliphatic rings. The number of aryl methyl sites for hydroxylation is 3. The summed E-state index contributed by atoms with van der Waals surface area (Å²) < 4.78 is 1.65. The van der Waals surface area contributed by atoms with Crippen molar-refractivity contribution >= 4 is 5.95 Å². The van der Waals surface area contributed by atoms with Gasteiger partial charge in [-0.1, -0.05) is 0 Å². The molecule has 7 nitrogen and oxygen atoms in total. The van der Waals surface area contributed by atoms with Crippen molar-refractivity contribution in [2.75, 3.05) is 37.6 Å². The first kappa shape index (κ1) is 17.1. The van der Waals surface area contributed by atoms with Crippen molar-refractivity contribution in [2.45, 2.75) is 39.2 Å². The number of piperazine rings is 1. The van der Waals surface area contributed by atoms with Crippen molar-refractivity contribution in [3.05, 3.63) is 45.6 Å². The molecule has 4 rings (SSSR count). The maximum Gasteiger partial charge on any atom is 0.267 e. The van der Waals surface area contributed by atoms with E-state index in [2.05, 4.69) is 24.9 Å². The van der Waals surface area contributed by atoms with Gasteiger partial charge in [-0.15, -0.1) is 0 Å². The minimum Gasteiger partial charge on any atom is -0.338 e. The van der Waals surface area contributed by atoms with Gasteiger partial charge >= 0.3 is 0 Å². The average molecular weight is 354 g/mol. The molecule has 1 saturated heterocycles. The molecule has 2 aromatic heterocycles. The van der Waals surface area contributed by atoms with Crippen LogP contribution in [0.5, 0.6) is 0 Å². The Kier molecular flexibility index (Phi) is 4.97. The van der Waals surface area contributed by atoms with Gasteiger partial charge in [0.15, 0.2) is 0 Å². The van der Waals surface area contributed by atoms with Gasteiger partial charge < -0.3 is 4.90 Å². The van der Waals surface area contributed by atoms with E-state index in [1.54, 1.807) is 10.7 Å². The zero-order valence-corrected chi connectivity index (χ0v) is 15.4. The highest BCUT2D eigenvalue weighted by Crippen LogP contribution is 2.17. The Bertz CT molecular complexity index is 808. The van der Waals surface area contributed by atoms with Gasteiger partial charge in [0.2, 0.25) is 5.95 Å². The second-order valence-corrected chi connectivity index (χ2v) is 7.27. The van der Waals surface area contributed by atoms with Crippen LogP contribution in [0.25, 0.3) is 0 Å². The topological polar surface area (TPSA) is 67.2 Å². The summed E-state index contributed by atoms with van der Waals surface area (Å²) in [5.41, 5.74) is 3.40. The van der Waals surface area contributed by atoms with Crippen molar-refractivity contribution in [1.82, 2.24) is 24.6 Å². The first-order chi connectivity index (χ1) is 12.7. The number of aromatic nitrogens is 4. The van der Waals surface area contributed by atoms with Crippen molar-refractivity contribution in [3.8, 4) is 0 Å². The minimum absolute atomic E-state index is 0.0392. The zero-order valence-electron chi connectivity index (χ0n) is 15.4. The van der Waals surface area contributed by atoms with E-state index in [9.17, 15) is 4.79 Å². The second kappa shape index (κ2) is 7.53. The number of nitrogens with zero attached hydrogens (tertiary/aromatic N) is 6. The molecule has 0 radical (unpaired) electrons. The highest BCUT2D eigenvalue weighted by atomic mass is 16.1. The normalized spacial score (nSPS) is 18.0. The van der Waals surface area contributed by atoms with E-state index in [0.29, 0.717) is 6.54 Å². The van der Waals surface area contributed by atoms with Crippen molar-refractivity contribution in [2.24, 2.45) is 0 Å². The van der Waals surface area contributed by atoms with Crippen LogP contribution in [0.4, 0.5) is 5.95 Å². The van der Waals surface area contributed by atoms with Crippen LogP contribution in [0, 0.1) is 6.92 Å². The van der Waals surface area contributed by atoms with E-state index in [0.717, 1.165) is 68.3 Å². The quantitative estimate of drug-likeness (QED) is 0.817. The highest BCUT2D eigenvalue weighted by Gasteiger charge is 2.19. The van der Waals surface area contributed by atoms with E-state index in [1.165, 1.54) is 12.8 Å². The number of anilines is 1. The first-order valence-electron chi connectivity index (χ1n) is 9.55. The molecular weight excluding hydrogens is 328 g/mol. The summed E-state index contributed by atoms with van der Waals surface area (Å²) in [7, 11) is 0. The third-order valence-corrected chi connectivity index (χ3v) is 5.32. The molecule has 2 aromatic rings. The molecule has 26 heavy (non-hydrogen) atoms. The van der Waals surface area contributed by atoms with Crippen molar-refractivity contribution in [1.29, 1.82) is 0 Å². The van der Waals surface area contributed by atoms with E-state index in [4.69, 9.17) is 0 Å². The molecule has 0 amide bonds. The second-order valence-electron chi connectivity index (χ2n) is 7.27. The van der Waals surface area contributed by atoms with Gasteiger partial charge in [0.25, 0.3) is 5.56 Å². The van der Waals surface area contributed by atoms with Gasteiger partial charge in [-0.3, -0.25) is 9.69 Å². The molecule has 1 aliphatic carbocycles. The summed E-state index contributed by atoms with van der Waals surface area (Å²) in [6.45, 7) is 7.25. The first-order valence-corrected chi connectivity index (χ1v) is 9.55. The van der Waals surface area contributed by atoms with E-state index in [-0.39, 0.29) is 5.56 Å². The number of fused-ring (bicyclic) bond motifs is 1. The Balaban J connectivity index is 1.32. The van der Waals surface area contributed by atoms with Crippen LogP contribution in [0.3, 0.4) is 0 Å². The van der Waals surface area contributed by atoms with Crippen LogP contribution in [-0.2, 0) is 19.4 Å². The van der Waals surface area contributed by atoms with Gasteiger partial charge in [0.1, 0.15) is 0 Å². The zero-order chi connectivity index (χ0) is 17.9. The smallest absolute Gasteiger partial charge is 0.267 e. The maximum absolute atomic E-state index is 12.3. The van der Waals surface area contributed by atoms with Crippen LogP contribution in [-0.4, -0.2) is 57.4 Å². The molecule has 0 N–H and O–H groups in total. The number of hydrogen-bond donors (Lipinski definition) is 0. The van der Waals surface area contributed by atoms with Crippen LogP contribution in [0.15, 0.2) is 23.3 Å². The third-order valence-electron chi connectivity index (χ3n) is 5.32. The Hall–Kier alpha value is -2.28. The fourth-order valence-electron chi connectivity index (χ4n) is 3.72. The van der Waals surface area contributed by atoms with Gasteiger partial charge in [-0.2, -0.15) is 5.10 Å². The van der Waals surface area contributed by atoms with Gasteiger partial charge in [0.05, 0.1) is 12.2 Å². The number of hydrogen-bond acceptors (Lipinski definition) is 6. The molecular formula is C19H26N6O. The van der Waals surface area contributed by atoms with Crippen LogP contribution < -0.4 is 10.5 Å². The van der Waals surface area contributed by atoms with E-state index < -0.39 is 0 Å². The SMILES string of the molecule is Cc1cnc(N2CCN(CCn3nc4c(cc3=O)CCCC4)CC2)nc1. The molecule has 138 valence electrons. The fourth-order valence-corrected chi connectivity index (χ4v) is 3.72. The molecule has 0 saturated carbocycles. The van der Waals surface area contributed by atoms with Gasteiger partial charge in [-0.25, -0.2) is 14.6 Å². The van der Waals surface area contributed by atoms with Crippen LogP contribution >= 0.6 is 0 Å². The summed E-state index contributed by atoms with van der Waals surface area (Å²) in [5.74, 6) is 0.808. The lowest BCUT2D eigenvalue weighted by atomic mass is 9.97. The average Bonchev–Trinajstić information content (AvgIpc) is 2.67. The molecule has 0 spiro atoms.